The number of nitrogens with zero attached hydrogens (tertiary/aromatic N) is 1. The number of nitrogens with two attached hydrogens (primary N) is 1. The zero-order valence-corrected chi connectivity index (χ0v) is 14.9. The fourth-order valence-corrected chi connectivity index (χ4v) is 3.71. The third-order valence-electron chi connectivity index (χ3n) is 5.00. The molecule has 132 valence electrons. The van der Waals surface area contributed by atoms with Gasteiger partial charge in [-0.05, 0) is 30.2 Å². The van der Waals surface area contributed by atoms with Gasteiger partial charge in [0.15, 0.2) is 0 Å². The molecule has 5 nitrogen and oxygen atoms in total. The van der Waals surface area contributed by atoms with Crippen molar-refractivity contribution >= 4 is 5.91 Å². The number of hydrogen-bond donors (Lipinski definition) is 1. The Kier molecular flexibility index (Phi) is 4.68. The van der Waals surface area contributed by atoms with Gasteiger partial charge in [-0.2, -0.15) is 0 Å². The molecule has 1 amide bonds. The number of hydrogen-bond acceptors (Lipinski definition) is 4. The Bertz CT molecular complexity index is 741. The molecule has 0 aromatic heterocycles. The molecule has 0 spiro atoms. The Morgan fingerprint density at radius 2 is 1.68 bits per heavy atom. The monoisotopic (exact) mass is 340 g/mol. The molecule has 2 aromatic carbocycles. The van der Waals surface area contributed by atoms with Gasteiger partial charge in [-0.1, -0.05) is 30.3 Å². The van der Waals surface area contributed by atoms with Crippen molar-refractivity contribution in [1.29, 1.82) is 0 Å². The van der Waals surface area contributed by atoms with Crippen LogP contribution < -0.4 is 15.2 Å². The fourth-order valence-electron chi connectivity index (χ4n) is 3.71. The third kappa shape index (κ3) is 2.74. The van der Waals surface area contributed by atoms with Crippen molar-refractivity contribution in [3.63, 3.8) is 0 Å². The van der Waals surface area contributed by atoms with Crippen molar-refractivity contribution < 1.29 is 14.3 Å². The van der Waals surface area contributed by atoms with E-state index in [1.165, 1.54) is 0 Å². The summed E-state index contributed by atoms with van der Waals surface area (Å²) in [6, 6.07) is 15.5. The van der Waals surface area contributed by atoms with Crippen LogP contribution in [0.25, 0.3) is 0 Å². The van der Waals surface area contributed by atoms with Crippen molar-refractivity contribution in [3.8, 4) is 11.5 Å². The van der Waals surface area contributed by atoms with Crippen molar-refractivity contribution in [3.05, 3.63) is 59.7 Å². The van der Waals surface area contributed by atoms with E-state index >= 15 is 0 Å². The number of amides is 1. The van der Waals surface area contributed by atoms with E-state index in [0.29, 0.717) is 24.6 Å². The van der Waals surface area contributed by atoms with Gasteiger partial charge in [0.1, 0.15) is 11.5 Å². The summed E-state index contributed by atoms with van der Waals surface area (Å²) in [6.45, 7) is 2.94. The first kappa shape index (κ1) is 17.3. The number of benzene rings is 2. The van der Waals surface area contributed by atoms with E-state index < -0.39 is 5.41 Å². The first-order valence-corrected chi connectivity index (χ1v) is 8.36. The van der Waals surface area contributed by atoms with Crippen molar-refractivity contribution in [2.24, 2.45) is 5.73 Å². The predicted molar refractivity (Wildman–Crippen MR) is 96.8 cm³/mol. The second-order valence-corrected chi connectivity index (χ2v) is 6.40. The molecule has 1 aliphatic heterocycles. The molecule has 1 aliphatic rings. The highest BCUT2D eigenvalue weighted by Crippen LogP contribution is 2.52. The van der Waals surface area contributed by atoms with Crippen LogP contribution in [0.4, 0.5) is 0 Å². The normalized spacial score (nSPS) is 22.5. The number of carbonyl (C=O) groups excluding carboxylic acids is 1. The standard InChI is InChI=1S/C20H24N2O3/c1-20(15-7-5-4-6-8-15)18(22(10-9-21)19(20)23)14-11-16(24-2)13-17(12-14)25-3/h4-8,11-13,18H,9-10,21H2,1-3H3/t18-,20-/m1/s1. The van der Waals surface area contributed by atoms with Crippen molar-refractivity contribution in [2.45, 2.75) is 18.4 Å². The largest absolute Gasteiger partial charge is 0.497 e. The second-order valence-electron chi connectivity index (χ2n) is 6.40. The molecule has 1 fully saturated rings. The molecular weight excluding hydrogens is 316 g/mol. The summed E-state index contributed by atoms with van der Waals surface area (Å²) >= 11 is 0. The maximum atomic E-state index is 13.0. The van der Waals surface area contributed by atoms with Crippen LogP contribution in [0.15, 0.2) is 48.5 Å². The highest BCUT2D eigenvalue weighted by atomic mass is 16.5. The van der Waals surface area contributed by atoms with Gasteiger partial charge in [-0.15, -0.1) is 0 Å². The van der Waals surface area contributed by atoms with Crippen LogP contribution in [0.5, 0.6) is 11.5 Å². The second kappa shape index (κ2) is 6.76. The lowest BCUT2D eigenvalue weighted by molar-refractivity contribution is -0.160. The topological polar surface area (TPSA) is 64.8 Å². The van der Waals surface area contributed by atoms with Crippen molar-refractivity contribution in [1.82, 2.24) is 4.90 Å². The van der Waals surface area contributed by atoms with Crippen LogP contribution in [0.3, 0.4) is 0 Å². The van der Waals surface area contributed by atoms with Crippen LogP contribution in [-0.4, -0.2) is 38.1 Å². The van der Waals surface area contributed by atoms with Gasteiger partial charge < -0.3 is 20.1 Å². The van der Waals surface area contributed by atoms with Gasteiger partial charge in [0, 0.05) is 19.2 Å². The first-order valence-electron chi connectivity index (χ1n) is 8.36. The third-order valence-corrected chi connectivity index (χ3v) is 5.00. The summed E-state index contributed by atoms with van der Waals surface area (Å²) < 4.78 is 10.8. The minimum Gasteiger partial charge on any atom is -0.497 e. The van der Waals surface area contributed by atoms with E-state index in [2.05, 4.69) is 0 Å². The Hall–Kier alpha value is -2.53. The van der Waals surface area contributed by atoms with E-state index in [1.807, 2.05) is 60.4 Å². The Morgan fingerprint density at radius 1 is 1.08 bits per heavy atom. The maximum absolute atomic E-state index is 13.0. The van der Waals surface area contributed by atoms with E-state index in [0.717, 1.165) is 11.1 Å². The average molecular weight is 340 g/mol. The van der Waals surface area contributed by atoms with Gasteiger partial charge >= 0.3 is 0 Å². The summed E-state index contributed by atoms with van der Waals surface area (Å²) in [6.07, 6.45) is 0. The highest BCUT2D eigenvalue weighted by molar-refractivity contribution is 5.96. The zero-order chi connectivity index (χ0) is 18.0. The molecule has 0 aliphatic carbocycles. The summed E-state index contributed by atoms with van der Waals surface area (Å²) in [5.74, 6) is 1.50. The van der Waals surface area contributed by atoms with Crippen molar-refractivity contribution in [2.75, 3.05) is 27.3 Å². The van der Waals surface area contributed by atoms with Crippen LogP contribution >= 0.6 is 0 Å². The van der Waals surface area contributed by atoms with Gasteiger partial charge in [-0.25, -0.2) is 0 Å². The summed E-state index contributed by atoms with van der Waals surface area (Å²) in [4.78, 5) is 14.8. The molecule has 1 saturated heterocycles. The molecule has 2 atom stereocenters. The van der Waals surface area contributed by atoms with Crippen LogP contribution in [0.1, 0.15) is 24.1 Å². The number of rotatable bonds is 6. The van der Waals surface area contributed by atoms with Crippen LogP contribution in [0, 0.1) is 0 Å². The number of β-lactam (4-membered cyclic amide) rings is 1. The van der Waals surface area contributed by atoms with Gasteiger partial charge in [-0.3, -0.25) is 4.79 Å². The van der Waals surface area contributed by atoms with Gasteiger partial charge in [0.25, 0.3) is 0 Å². The van der Waals surface area contributed by atoms with Gasteiger partial charge in [0.2, 0.25) is 5.91 Å². The van der Waals surface area contributed by atoms with Gasteiger partial charge in [0.05, 0.1) is 25.7 Å². The molecule has 0 radical (unpaired) electrons. The van der Waals surface area contributed by atoms with E-state index in [-0.39, 0.29) is 11.9 Å². The van der Waals surface area contributed by atoms with Crippen LogP contribution in [-0.2, 0) is 10.2 Å². The molecule has 0 saturated carbocycles. The Labute approximate surface area is 148 Å². The van der Waals surface area contributed by atoms with E-state index in [4.69, 9.17) is 15.2 Å². The highest BCUT2D eigenvalue weighted by Gasteiger charge is 2.58. The zero-order valence-electron chi connectivity index (χ0n) is 14.9. The van der Waals surface area contributed by atoms with E-state index in [1.54, 1.807) is 14.2 Å². The lowest BCUT2D eigenvalue weighted by Gasteiger charge is -2.55. The number of likely N-dealkylation sites (tertiary alicyclic amines) is 1. The molecule has 1 heterocycles. The summed E-state index contributed by atoms with van der Waals surface area (Å²) in [7, 11) is 3.25. The first-order chi connectivity index (χ1) is 12.1. The van der Waals surface area contributed by atoms with E-state index in [9.17, 15) is 4.79 Å². The number of ether oxygens (including phenoxy) is 2. The molecule has 0 bridgehead atoms. The molecule has 3 rings (SSSR count). The maximum Gasteiger partial charge on any atom is 0.236 e. The molecule has 2 aromatic rings. The Balaban J connectivity index is 2.10. The minimum absolute atomic E-state index is 0.0935. The quantitative estimate of drug-likeness (QED) is 0.821. The summed E-state index contributed by atoms with van der Waals surface area (Å²) in [5, 5.41) is 0. The molecule has 2 N–H and O–H groups in total. The molecule has 0 unspecified atom stereocenters. The molecule has 5 heteroatoms. The predicted octanol–water partition coefficient (Wildman–Crippen LogP) is 2.50. The fraction of sp³-hybridized carbons (Fsp3) is 0.350. The minimum atomic E-state index is -0.631. The average Bonchev–Trinajstić information content (AvgIpc) is 2.67. The SMILES string of the molecule is COc1cc(OC)cc([C@H]2N(CCN)C(=O)[C@]2(C)c2ccccc2)c1. The number of carbonyl (C=O) groups is 1. The summed E-state index contributed by atoms with van der Waals surface area (Å²) in [5.41, 5.74) is 7.09. The van der Waals surface area contributed by atoms with Crippen LogP contribution in [0.2, 0.25) is 0 Å². The lowest BCUT2D eigenvalue weighted by atomic mass is 9.65. The Morgan fingerprint density at radius 3 is 2.20 bits per heavy atom. The smallest absolute Gasteiger partial charge is 0.236 e. The number of methoxy groups -OCH3 is 2. The lowest BCUT2D eigenvalue weighted by Crippen LogP contribution is -2.65. The molecule has 25 heavy (non-hydrogen) atoms. The molecular formula is C20H24N2O3.